The lowest BCUT2D eigenvalue weighted by Crippen LogP contribution is -2.40. The number of esters is 1. The van der Waals surface area contributed by atoms with Gasteiger partial charge in [0.05, 0.1) is 12.5 Å². The Morgan fingerprint density at radius 1 is 1.37 bits per heavy atom. The van der Waals surface area contributed by atoms with Crippen LogP contribution >= 0.6 is 12.6 Å². The quantitative estimate of drug-likeness (QED) is 0.634. The molecule has 1 heterocycles. The van der Waals surface area contributed by atoms with Gasteiger partial charge >= 0.3 is 5.97 Å². The van der Waals surface area contributed by atoms with Crippen molar-refractivity contribution in [1.29, 1.82) is 0 Å². The fraction of sp³-hybridized carbons (Fsp3) is 0.857. The second kappa shape index (κ2) is 6.64. The zero-order chi connectivity index (χ0) is 13.8. The van der Waals surface area contributed by atoms with Gasteiger partial charge in [-0.1, -0.05) is 0 Å². The molecule has 19 heavy (non-hydrogen) atoms. The maximum atomic E-state index is 12.0. The summed E-state index contributed by atoms with van der Waals surface area (Å²) >= 11 is 4.29. The summed E-state index contributed by atoms with van der Waals surface area (Å²) in [5.41, 5.74) is 0. The van der Waals surface area contributed by atoms with Crippen LogP contribution < -0.4 is 0 Å². The van der Waals surface area contributed by atoms with Crippen molar-refractivity contribution in [3.05, 3.63) is 0 Å². The zero-order valence-corrected chi connectivity index (χ0v) is 12.4. The fourth-order valence-corrected chi connectivity index (χ4v) is 3.41. The van der Waals surface area contributed by atoms with E-state index in [9.17, 15) is 9.59 Å². The Labute approximate surface area is 120 Å². The van der Waals surface area contributed by atoms with Crippen LogP contribution in [0.25, 0.3) is 0 Å². The third-order valence-electron chi connectivity index (χ3n) is 4.25. The molecule has 1 saturated heterocycles. The van der Waals surface area contributed by atoms with Crippen LogP contribution in [0, 0.1) is 11.8 Å². The van der Waals surface area contributed by atoms with E-state index in [0.717, 1.165) is 38.0 Å². The van der Waals surface area contributed by atoms with E-state index in [-0.39, 0.29) is 17.8 Å². The normalized spacial score (nSPS) is 31.6. The molecule has 0 bridgehead atoms. The third-order valence-corrected chi connectivity index (χ3v) is 4.77. The minimum atomic E-state index is -0.0677. The summed E-state index contributed by atoms with van der Waals surface area (Å²) in [6.07, 6.45) is 4.18. The van der Waals surface area contributed by atoms with Gasteiger partial charge in [-0.2, -0.15) is 12.6 Å². The van der Waals surface area contributed by atoms with Gasteiger partial charge in [0.25, 0.3) is 0 Å². The predicted octanol–water partition coefficient (Wildman–Crippen LogP) is 1.89. The van der Waals surface area contributed by atoms with E-state index in [1.54, 1.807) is 0 Å². The molecular weight excluding hydrogens is 262 g/mol. The number of carbonyl (C=O) groups excluding carboxylic acids is 2. The highest BCUT2D eigenvalue weighted by atomic mass is 32.1. The first-order valence-electron chi connectivity index (χ1n) is 7.22. The number of ether oxygens (including phenoxy) is 1. The second-order valence-corrected chi connectivity index (χ2v) is 5.92. The number of hydrogen-bond donors (Lipinski definition) is 1. The van der Waals surface area contributed by atoms with Gasteiger partial charge in [-0.15, -0.1) is 0 Å². The Balaban J connectivity index is 1.83. The molecule has 0 radical (unpaired) electrons. The van der Waals surface area contributed by atoms with Crippen molar-refractivity contribution in [1.82, 2.24) is 4.90 Å². The largest absolute Gasteiger partial charge is 0.466 e. The van der Waals surface area contributed by atoms with Crippen LogP contribution in [0.5, 0.6) is 0 Å². The summed E-state index contributed by atoms with van der Waals surface area (Å²) in [5, 5.41) is 0. The number of carbonyl (C=O) groups is 2. The number of likely N-dealkylation sites (tertiary alicyclic amines) is 1. The van der Waals surface area contributed by atoms with Crippen LogP contribution in [0.15, 0.2) is 0 Å². The Morgan fingerprint density at radius 2 is 2.05 bits per heavy atom. The van der Waals surface area contributed by atoms with Crippen LogP contribution in [0.4, 0.5) is 0 Å². The fourth-order valence-electron chi connectivity index (χ4n) is 3.17. The molecule has 1 aliphatic heterocycles. The summed E-state index contributed by atoms with van der Waals surface area (Å²) in [4.78, 5) is 25.7. The Kier molecular flexibility index (Phi) is 5.13. The third kappa shape index (κ3) is 3.44. The molecular formula is C14H23NO3S. The molecule has 2 aliphatic rings. The topological polar surface area (TPSA) is 46.6 Å². The number of rotatable bonds is 4. The van der Waals surface area contributed by atoms with Crippen molar-refractivity contribution in [3.8, 4) is 0 Å². The molecule has 1 unspecified atom stereocenters. The lowest BCUT2D eigenvalue weighted by atomic mass is 9.85. The number of amides is 1. The molecule has 0 N–H and O–H groups in total. The minimum absolute atomic E-state index is 0.0366. The molecule has 1 amide bonds. The van der Waals surface area contributed by atoms with E-state index < -0.39 is 0 Å². The lowest BCUT2D eigenvalue weighted by molar-refractivity contribution is -0.149. The Bertz CT molecular complexity index is 340. The molecule has 0 spiro atoms. The van der Waals surface area contributed by atoms with Gasteiger partial charge in [-0.3, -0.25) is 9.59 Å². The van der Waals surface area contributed by atoms with Gasteiger partial charge in [0.1, 0.15) is 0 Å². The molecule has 1 saturated carbocycles. The molecule has 1 aliphatic carbocycles. The Hall–Kier alpha value is -0.710. The zero-order valence-electron chi connectivity index (χ0n) is 11.5. The second-order valence-electron chi connectivity index (χ2n) is 5.56. The average Bonchev–Trinajstić information content (AvgIpc) is 2.80. The summed E-state index contributed by atoms with van der Waals surface area (Å²) in [6, 6.07) is 0.322. The molecule has 2 fully saturated rings. The van der Waals surface area contributed by atoms with Gasteiger partial charge in [0, 0.05) is 19.0 Å². The van der Waals surface area contributed by atoms with E-state index >= 15 is 0 Å². The van der Waals surface area contributed by atoms with Crippen LogP contribution in [0.3, 0.4) is 0 Å². The van der Waals surface area contributed by atoms with Crippen LogP contribution in [-0.2, 0) is 14.3 Å². The molecule has 0 aromatic rings. The molecule has 2 rings (SSSR count). The molecule has 0 aromatic carbocycles. The van der Waals surface area contributed by atoms with Gasteiger partial charge in [0.2, 0.25) is 5.91 Å². The van der Waals surface area contributed by atoms with Crippen molar-refractivity contribution in [2.75, 3.05) is 18.9 Å². The van der Waals surface area contributed by atoms with Crippen molar-refractivity contribution < 1.29 is 14.3 Å². The maximum Gasteiger partial charge on any atom is 0.308 e. The first kappa shape index (κ1) is 14.7. The number of hydrogen-bond acceptors (Lipinski definition) is 4. The highest BCUT2D eigenvalue weighted by Gasteiger charge is 2.36. The standard InChI is InChI=1S/C14H23NO3S/c1-2-18-14(17)11-3-5-12(6-4-11)15-8-10(9-19)7-13(15)16/h10-12,19H,2-9H2,1H3. The van der Waals surface area contributed by atoms with E-state index in [4.69, 9.17) is 4.74 Å². The summed E-state index contributed by atoms with van der Waals surface area (Å²) in [7, 11) is 0. The molecule has 5 heteroatoms. The van der Waals surface area contributed by atoms with Crippen molar-refractivity contribution in [2.45, 2.75) is 45.1 Å². The number of nitrogens with zero attached hydrogens (tertiary/aromatic N) is 1. The van der Waals surface area contributed by atoms with Gasteiger partial charge in [0.15, 0.2) is 0 Å². The summed E-state index contributed by atoms with van der Waals surface area (Å²) in [5.74, 6) is 1.41. The molecule has 108 valence electrons. The van der Waals surface area contributed by atoms with Crippen LogP contribution in [0.1, 0.15) is 39.0 Å². The smallest absolute Gasteiger partial charge is 0.308 e. The summed E-state index contributed by atoms with van der Waals surface area (Å²) < 4.78 is 5.07. The highest BCUT2D eigenvalue weighted by molar-refractivity contribution is 7.80. The number of thiol groups is 1. The van der Waals surface area contributed by atoms with Gasteiger partial charge < -0.3 is 9.64 Å². The van der Waals surface area contributed by atoms with E-state index in [0.29, 0.717) is 25.0 Å². The Morgan fingerprint density at radius 3 is 2.58 bits per heavy atom. The van der Waals surface area contributed by atoms with Crippen LogP contribution in [-0.4, -0.2) is 41.7 Å². The van der Waals surface area contributed by atoms with Crippen molar-refractivity contribution >= 4 is 24.5 Å². The lowest BCUT2D eigenvalue weighted by Gasteiger charge is -2.34. The summed E-state index contributed by atoms with van der Waals surface area (Å²) in [6.45, 7) is 3.13. The first-order chi connectivity index (χ1) is 9.15. The van der Waals surface area contributed by atoms with E-state index in [2.05, 4.69) is 12.6 Å². The molecule has 4 nitrogen and oxygen atoms in total. The van der Waals surface area contributed by atoms with Crippen LogP contribution in [0.2, 0.25) is 0 Å². The minimum Gasteiger partial charge on any atom is -0.466 e. The van der Waals surface area contributed by atoms with Crippen molar-refractivity contribution in [2.24, 2.45) is 11.8 Å². The van der Waals surface area contributed by atoms with Crippen molar-refractivity contribution in [3.63, 3.8) is 0 Å². The molecule has 0 aromatic heterocycles. The first-order valence-corrected chi connectivity index (χ1v) is 7.85. The van der Waals surface area contributed by atoms with E-state index in [1.807, 2.05) is 11.8 Å². The van der Waals surface area contributed by atoms with Gasteiger partial charge in [-0.25, -0.2) is 0 Å². The molecule has 1 atom stereocenters. The highest BCUT2D eigenvalue weighted by Crippen LogP contribution is 2.32. The predicted molar refractivity (Wildman–Crippen MR) is 76.1 cm³/mol. The maximum absolute atomic E-state index is 12.0. The van der Waals surface area contributed by atoms with E-state index in [1.165, 1.54) is 0 Å². The average molecular weight is 285 g/mol. The SMILES string of the molecule is CCOC(=O)C1CCC(N2CC(CS)CC2=O)CC1. The van der Waals surface area contributed by atoms with Gasteiger partial charge in [-0.05, 0) is 44.3 Å². The monoisotopic (exact) mass is 285 g/mol.